The molecule has 26 heavy (non-hydrogen) atoms. The smallest absolute Gasteiger partial charge is 0.0850 e. The van der Waals surface area contributed by atoms with Crippen molar-refractivity contribution < 1.29 is 4.74 Å². The normalized spacial score (nSPS) is 44.2. The van der Waals surface area contributed by atoms with E-state index in [9.17, 15) is 0 Å². The summed E-state index contributed by atoms with van der Waals surface area (Å²) in [4.78, 5) is 9.41. The molecule has 0 spiro atoms. The minimum absolute atomic E-state index is 0.283. The van der Waals surface area contributed by atoms with Crippen LogP contribution in [0.25, 0.3) is 5.57 Å². The monoisotopic (exact) mass is 352 g/mol. The summed E-state index contributed by atoms with van der Waals surface area (Å²) in [5.41, 5.74) is 4.44. The van der Waals surface area contributed by atoms with Gasteiger partial charge in [-0.1, -0.05) is 26.8 Å². The maximum atomic E-state index is 6.13. The van der Waals surface area contributed by atoms with E-state index < -0.39 is 0 Å². The zero-order valence-electron chi connectivity index (χ0n) is 16.5. The van der Waals surface area contributed by atoms with Crippen LogP contribution in [0.5, 0.6) is 0 Å². The van der Waals surface area contributed by atoms with Crippen molar-refractivity contribution in [1.82, 2.24) is 9.97 Å². The summed E-state index contributed by atoms with van der Waals surface area (Å²) in [7, 11) is 0. The Bertz CT molecular complexity index is 743. The van der Waals surface area contributed by atoms with Crippen LogP contribution in [0.3, 0.4) is 0 Å². The van der Waals surface area contributed by atoms with E-state index in [0.29, 0.717) is 11.5 Å². The summed E-state index contributed by atoms with van der Waals surface area (Å²) in [5, 5.41) is 0. The van der Waals surface area contributed by atoms with Crippen molar-refractivity contribution >= 4 is 5.57 Å². The van der Waals surface area contributed by atoms with Gasteiger partial charge in [0.2, 0.25) is 0 Å². The summed E-state index contributed by atoms with van der Waals surface area (Å²) in [6.45, 7) is 8.20. The van der Waals surface area contributed by atoms with Gasteiger partial charge in [0.05, 0.1) is 23.7 Å². The predicted molar refractivity (Wildman–Crippen MR) is 104 cm³/mol. The quantitative estimate of drug-likeness (QED) is 0.746. The minimum Gasteiger partial charge on any atom is -0.378 e. The maximum Gasteiger partial charge on any atom is 0.0850 e. The van der Waals surface area contributed by atoms with E-state index in [2.05, 4.69) is 31.8 Å². The van der Waals surface area contributed by atoms with E-state index in [1.54, 1.807) is 0 Å². The van der Waals surface area contributed by atoms with Crippen molar-refractivity contribution in [3.8, 4) is 0 Å². The van der Waals surface area contributed by atoms with Crippen molar-refractivity contribution in [2.45, 2.75) is 71.8 Å². The van der Waals surface area contributed by atoms with E-state index in [1.807, 2.05) is 12.4 Å². The molecular formula is C23H32N2O. The Labute approximate surface area is 157 Å². The van der Waals surface area contributed by atoms with Gasteiger partial charge in [0, 0.05) is 12.8 Å². The fourth-order valence-corrected chi connectivity index (χ4v) is 7.13. The van der Waals surface area contributed by atoms with E-state index in [0.717, 1.165) is 42.2 Å². The fourth-order valence-electron chi connectivity index (χ4n) is 7.13. The van der Waals surface area contributed by atoms with Gasteiger partial charge in [-0.25, -0.2) is 4.98 Å². The second kappa shape index (κ2) is 5.89. The average molecular weight is 353 g/mol. The molecule has 0 N–H and O–H groups in total. The first-order valence-electron chi connectivity index (χ1n) is 10.7. The van der Waals surface area contributed by atoms with Gasteiger partial charge in [0.1, 0.15) is 0 Å². The lowest BCUT2D eigenvalue weighted by atomic mass is 9.48. The van der Waals surface area contributed by atoms with Crippen LogP contribution in [0, 0.1) is 28.6 Å². The standard InChI is InChI=1S/C23H32N2O/c1-4-15-13-24-14-20(25-15)19-7-6-17-16-5-8-21-23(3,11-12-26-21)18(16)9-10-22(17,19)2/h7,13-14,16-18,21H,4-6,8-12H2,1-3H3/t16-,17-,18-,21?,22-,23+/m0/s1. The molecule has 0 amide bonds. The largest absolute Gasteiger partial charge is 0.378 e. The number of rotatable bonds is 2. The number of aromatic nitrogens is 2. The van der Waals surface area contributed by atoms with Crippen molar-refractivity contribution in [2.75, 3.05) is 6.61 Å². The van der Waals surface area contributed by atoms with Crippen molar-refractivity contribution in [1.29, 1.82) is 0 Å². The molecule has 3 nitrogen and oxygen atoms in total. The Kier molecular flexibility index (Phi) is 3.83. The molecule has 6 atom stereocenters. The van der Waals surface area contributed by atoms with E-state index in [1.165, 1.54) is 44.1 Å². The van der Waals surface area contributed by atoms with Gasteiger partial charge in [0.15, 0.2) is 0 Å². The van der Waals surface area contributed by atoms with Gasteiger partial charge in [-0.05, 0) is 79.1 Å². The Hall–Kier alpha value is -1.22. The molecule has 2 saturated carbocycles. The fraction of sp³-hybridized carbons (Fsp3) is 0.739. The molecule has 0 bridgehead atoms. The Balaban J connectivity index is 1.46. The highest BCUT2D eigenvalue weighted by molar-refractivity contribution is 5.70. The van der Waals surface area contributed by atoms with Gasteiger partial charge < -0.3 is 4.74 Å². The average Bonchev–Trinajstić information content (AvgIpc) is 3.21. The number of nitrogens with zero attached hydrogens (tertiary/aromatic N) is 2. The topological polar surface area (TPSA) is 35.0 Å². The van der Waals surface area contributed by atoms with Gasteiger partial charge >= 0.3 is 0 Å². The molecule has 0 radical (unpaired) electrons. The van der Waals surface area contributed by atoms with Gasteiger partial charge in [-0.15, -0.1) is 0 Å². The third kappa shape index (κ3) is 2.22. The molecule has 3 fully saturated rings. The molecule has 1 aliphatic heterocycles. The lowest BCUT2D eigenvalue weighted by molar-refractivity contribution is -0.0890. The Morgan fingerprint density at radius 3 is 2.85 bits per heavy atom. The number of allylic oxidation sites excluding steroid dienone is 2. The predicted octanol–water partition coefficient (Wildman–Crippen LogP) is 5.06. The molecule has 1 aromatic heterocycles. The minimum atomic E-state index is 0.283. The highest BCUT2D eigenvalue weighted by Crippen LogP contribution is 2.66. The lowest BCUT2D eigenvalue weighted by Gasteiger charge is -2.56. The van der Waals surface area contributed by atoms with Crippen molar-refractivity contribution in [3.05, 3.63) is 29.9 Å². The molecule has 1 aromatic rings. The molecule has 5 rings (SSSR count). The number of hydrogen-bond acceptors (Lipinski definition) is 3. The number of aryl methyl sites for hydroxylation is 1. The molecule has 2 heterocycles. The summed E-state index contributed by atoms with van der Waals surface area (Å²) in [6, 6.07) is 0. The molecule has 1 unspecified atom stereocenters. The lowest BCUT2D eigenvalue weighted by Crippen LogP contribution is -2.51. The number of ether oxygens (including phenoxy) is 1. The summed E-state index contributed by atoms with van der Waals surface area (Å²) in [6.07, 6.45) is 15.7. The summed E-state index contributed by atoms with van der Waals surface area (Å²) >= 11 is 0. The molecule has 3 heteroatoms. The van der Waals surface area contributed by atoms with Crippen LogP contribution in [0.4, 0.5) is 0 Å². The third-order valence-electron chi connectivity index (χ3n) is 8.65. The SMILES string of the molecule is CCc1cncc(C2=CC[C@H]3[C@@H]4CCC5OCC[C@]5(C)[C@H]4CC[C@]23C)n1. The zero-order valence-corrected chi connectivity index (χ0v) is 16.5. The van der Waals surface area contributed by atoms with Crippen LogP contribution < -0.4 is 0 Å². The Morgan fingerprint density at radius 2 is 2.00 bits per heavy atom. The molecule has 140 valence electrons. The van der Waals surface area contributed by atoms with Crippen LogP contribution in [-0.4, -0.2) is 22.7 Å². The third-order valence-corrected chi connectivity index (χ3v) is 8.65. The van der Waals surface area contributed by atoms with Crippen LogP contribution in [-0.2, 0) is 11.2 Å². The van der Waals surface area contributed by atoms with Crippen LogP contribution in [0.15, 0.2) is 18.5 Å². The summed E-state index contributed by atoms with van der Waals surface area (Å²) in [5.74, 6) is 2.48. The highest BCUT2D eigenvalue weighted by Gasteiger charge is 2.59. The first-order valence-corrected chi connectivity index (χ1v) is 10.7. The number of hydrogen-bond donors (Lipinski definition) is 0. The Morgan fingerprint density at radius 1 is 1.12 bits per heavy atom. The van der Waals surface area contributed by atoms with Gasteiger partial charge in [-0.3, -0.25) is 4.98 Å². The maximum absolute atomic E-state index is 6.13. The van der Waals surface area contributed by atoms with Crippen LogP contribution >= 0.6 is 0 Å². The highest BCUT2D eigenvalue weighted by atomic mass is 16.5. The van der Waals surface area contributed by atoms with Crippen LogP contribution in [0.2, 0.25) is 0 Å². The first-order chi connectivity index (χ1) is 12.6. The second-order valence-electron chi connectivity index (χ2n) is 9.63. The van der Waals surface area contributed by atoms with Gasteiger partial charge in [-0.2, -0.15) is 0 Å². The molecule has 1 saturated heterocycles. The summed E-state index contributed by atoms with van der Waals surface area (Å²) < 4.78 is 6.13. The first kappa shape index (κ1) is 16.9. The van der Waals surface area contributed by atoms with E-state index in [-0.39, 0.29) is 5.41 Å². The second-order valence-corrected chi connectivity index (χ2v) is 9.63. The van der Waals surface area contributed by atoms with E-state index in [4.69, 9.17) is 9.72 Å². The van der Waals surface area contributed by atoms with Crippen molar-refractivity contribution in [2.24, 2.45) is 28.6 Å². The zero-order chi connectivity index (χ0) is 17.9. The molecule has 3 aliphatic carbocycles. The molecule has 0 aromatic carbocycles. The van der Waals surface area contributed by atoms with Crippen molar-refractivity contribution in [3.63, 3.8) is 0 Å². The van der Waals surface area contributed by atoms with Gasteiger partial charge in [0.25, 0.3) is 0 Å². The molecule has 4 aliphatic rings. The van der Waals surface area contributed by atoms with E-state index >= 15 is 0 Å². The van der Waals surface area contributed by atoms with Crippen LogP contribution in [0.1, 0.15) is 70.7 Å². The number of fused-ring (bicyclic) bond motifs is 5. The molecular weight excluding hydrogens is 320 g/mol.